The minimum Gasteiger partial charge on any atom is -0.456 e. The molecule has 5 nitrogen and oxygen atoms in total. The maximum atomic E-state index is 12.1. The Bertz CT molecular complexity index is 425. The van der Waals surface area contributed by atoms with Gasteiger partial charge in [-0.25, -0.2) is 4.79 Å². The van der Waals surface area contributed by atoms with Crippen LogP contribution < -0.4 is 0 Å². The first-order valence-electron chi connectivity index (χ1n) is 6.89. The number of thioether (sulfide) groups is 1. The smallest absolute Gasteiger partial charge is 0.330 e. The Morgan fingerprint density at radius 3 is 2.45 bits per heavy atom. The third kappa shape index (κ3) is 3.53. The predicted octanol–water partition coefficient (Wildman–Crippen LogP) is 1.46. The molecule has 1 atom stereocenters. The molecule has 1 aliphatic heterocycles. The fraction of sp³-hybridized carbons (Fsp3) is 0.786. The topological polar surface area (TPSA) is 63.7 Å². The minimum atomic E-state index is -0.527. The molecule has 0 radical (unpaired) electrons. The molecule has 2 fully saturated rings. The minimum absolute atomic E-state index is 0.0547. The van der Waals surface area contributed by atoms with E-state index in [0.717, 1.165) is 12.8 Å². The number of hydrogen-bond donors (Lipinski definition) is 0. The molecule has 0 spiro atoms. The van der Waals surface area contributed by atoms with Gasteiger partial charge in [-0.2, -0.15) is 0 Å². The van der Waals surface area contributed by atoms with Crippen LogP contribution in [0.3, 0.4) is 0 Å². The summed E-state index contributed by atoms with van der Waals surface area (Å²) in [6.07, 6.45) is 1.84. The number of carbonyl (C=O) groups excluding carboxylic acids is 3. The second kappa shape index (κ2) is 5.76. The summed E-state index contributed by atoms with van der Waals surface area (Å²) in [5, 5.41) is 0. The highest BCUT2D eigenvalue weighted by Crippen LogP contribution is 2.34. The Morgan fingerprint density at radius 2 is 1.90 bits per heavy atom. The van der Waals surface area contributed by atoms with Crippen LogP contribution >= 0.6 is 11.8 Å². The van der Waals surface area contributed by atoms with Crippen molar-refractivity contribution in [1.29, 1.82) is 0 Å². The molecular formula is C14H21NO4S. The molecule has 1 saturated heterocycles. The van der Waals surface area contributed by atoms with E-state index in [1.54, 1.807) is 37.4 Å². The molecule has 0 N–H and O–H groups in total. The van der Waals surface area contributed by atoms with Crippen LogP contribution in [-0.2, 0) is 19.1 Å². The van der Waals surface area contributed by atoms with Crippen LogP contribution in [0.5, 0.6) is 0 Å². The van der Waals surface area contributed by atoms with E-state index < -0.39 is 17.4 Å². The first-order valence-corrected chi connectivity index (χ1v) is 8.04. The quantitative estimate of drug-likeness (QED) is 0.735. The number of ether oxygens (including phenoxy) is 1. The van der Waals surface area contributed by atoms with E-state index in [9.17, 15) is 14.4 Å². The van der Waals surface area contributed by atoms with Gasteiger partial charge in [0.25, 0.3) is 0 Å². The molecule has 0 unspecified atom stereocenters. The van der Waals surface area contributed by atoms with Crippen LogP contribution in [0.25, 0.3) is 0 Å². The first-order chi connectivity index (χ1) is 9.30. The molecule has 0 aromatic carbocycles. The summed E-state index contributed by atoms with van der Waals surface area (Å²) in [4.78, 5) is 37.5. The van der Waals surface area contributed by atoms with Crippen molar-refractivity contribution >= 4 is 29.4 Å². The standard InChI is InChI=1S/C14H21NO4S/c1-14(2,3)11(16)6-19-13(18)10-7-20-8-15(10)12(17)9-4-5-9/h9-10H,4-8H2,1-3H3/t10-/m1/s1. The molecule has 2 aliphatic rings. The molecule has 1 aliphatic carbocycles. The summed E-state index contributed by atoms with van der Waals surface area (Å²) in [5.74, 6) is 0.682. The van der Waals surface area contributed by atoms with Crippen molar-refractivity contribution in [3.05, 3.63) is 0 Å². The predicted molar refractivity (Wildman–Crippen MR) is 76.1 cm³/mol. The highest BCUT2D eigenvalue weighted by molar-refractivity contribution is 7.99. The van der Waals surface area contributed by atoms with Crippen molar-refractivity contribution in [2.75, 3.05) is 18.2 Å². The number of ketones is 1. The molecule has 0 bridgehead atoms. The Balaban J connectivity index is 1.88. The van der Waals surface area contributed by atoms with Gasteiger partial charge < -0.3 is 9.64 Å². The fourth-order valence-corrected chi connectivity index (χ4v) is 3.02. The van der Waals surface area contributed by atoms with E-state index in [4.69, 9.17) is 4.74 Å². The number of carbonyl (C=O) groups is 3. The summed E-state index contributed by atoms with van der Waals surface area (Å²) < 4.78 is 5.10. The highest BCUT2D eigenvalue weighted by atomic mass is 32.2. The summed E-state index contributed by atoms with van der Waals surface area (Å²) >= 11 is 1.55. The lowest BCUT2D eigenvalue weighted by atomic mass is 9.91. The van der Waals surface area contributed by atoms with Gasteiger partial charge in [-0.05, 0) is 12.8 Å². The fourth-order valence-electron chi connectivity index (χ4n) is 1.87. The third-order valence-corrected chi connectivity index (χ3v) is 4.56. The zero-order valence-corrected chi connectivity index (χ0v) is 13.0. The molecule has 2 rings (SSSR count). The number of amides is 1. The van der Waals surface area contributed by atoms with E-state index in [-0.39, 0.29) is 24.2 Å². The molecule has 1 heterocycles. The van der Waals surface area contributed by atoms with Crippen molar-refractivity contribution in [3.63, 3.8) is 0 Å². The van der Waals surface area contributed by atoms with Gasteiger partial charge in [0.1, 0.15) is 6.04 Å². The molecule has 1 saturated carbocycles. The van der Waals surface area contributed by atoms with Crippen LogP contribution in [0.15, 0.2) is 0 Å². The van der Waals surface area contributed by atoms with Gasteiger partial charge in [0, 0.05) is 17.1 Å². The number of hydrogen-bond acceptors (Lipinski definition) is 5. The van der Waals surface area contributed by atoms with E-state index in [0.29, 0.717) is 11.6 Å². The Kier molecular flexibility index (Phi) is 4.42. The van der Waals surface area contributed by atoms with Gasteiger partial charge in [0.2, 0.25) is 5.91 Å². The SMILES string of the molecule is CC(C)(C)C(=O)COC(=O)[C@H]1CSCN1C(=O)C1CC1. The number of esters is 1. The van der Waals surface area contributed by atoms with Crippen LogP contribution in [0.1, 0.15) is 33.6 Å². The Morgan fingerprint density at radius 1 is 1.25 bits per heavy atom. The number of Topliss-reactive ketones (excluding diaryl/α,β-unsaturated/α-hetero) is 1. The zero-order valence-electron chi connectivity index (χ0n) is 12.2. The monoisotopic (exact) mass is 299 g/mol. The lowest BCUT2D eigenvalue weighted by Gasteiger charge is -2.23. The number of rotatable bonds is 4. The average Bonchev–Trinajstić information content (AvgIpc) is 3.10. The Labute approximate surface area is 123 Å². The maximum absolute atomic E-state index is 12.1. The summed E-state index contributed by atoms with van der Waals surface area (Å²) in [6.45, 7) is 5.15. The van der Waals surface area contributed by atoms with Gasteiger partial charge in [0.05, 0.1) is 5.88 Å². The lowest BCUT2D eigenvalue weighted by Crippen LogP contribution is -2.44. The second-order valence-electron chi connectivity index (χ2n) is 6.38. The van der Waals surface area contributed by atoms with Crippen molar-refractivity contribution in [3.8, 4) is 0 Å². The van der Waals surface area contributed by atoms with Crippen molar-refractivity contribution in [2.45, 2.75) is 39.7 Å². The van der Waals surface area contributed by atoms with Gasteiger partial charge >= 0.3 is 5.97 Å². The molecule has 0 aromatic rings. The van der Waals surface area contributed by atoms with Crippen molar-refractivity contribution in [1.82, 2.24) is 4.90 Å². The van der Waals surface area contributed by atoms with Crippen LogP contribution in [0.4, 0.5) is 0 Å². The highest BCUT2D eigenvalue weighted by Gasteiger charge is 2.42. The molecule has 0 aromatic heterocycles. The van der Waals surface area contributed by atoms with Crippen LogP contribution in [0, 0.1) is 11.3 Å². The molecular weight excluding hydrogens is 278 g/mol. The second-order valence-corrected chi connectivity index (χ2v) is 7.38. The van der Waals surface area contributed by atoms with E-state index in [1.807, 2.05) is 0 Å². The summed E-state index contributed by atoms with van der Waals surface area (Å²) in [7, 11) is 0. The zero-order chi connectivity index (χ0) is 14.9. The summed E-state index contributed by atoms with van der Waals surface area (Å²) in [6, 6.07) is -0.527. The van der Waals surface area contributed by atoms with Gasteiger partial charge in [-0.1, -0.05) is 20.8 Å². The number of nitrogens with zero attached hydrogens (tertiary/aromatic N) is 1. The van der Waals surface area contributed by atoms with E-state index >= 15 is 0 Å². The molecule has 1 amide bonds. The van der Waals surface area contributed by atoms with Crippen molar-refractivity contribution in [2.24, 2.45) is 11.3 Å². The van der Waals surface area contributed by atoms with Crippen LogP contribution in [0.2, 0.25) is 0 Å². The van der Waals surface area contributed by atoms with Crippen LogP contribution in [-0.4, -0.2) is 46.8 Å². The lowest BCUT2D eigenvalue weighted by molar-refractivity contribution is -0.156. The van der Waals surface area contributed by atoms with Gasteiger partial charge in [0.15, 0.2) is 12.4 Å². The largest absolute Gasteiger partial charge is 0.456 e. The Hall–Kier alpha value is -1.04. The molecule has 6 heteroatoms. The maximum Gasteiger partial charge on any atom is 0.330 e. The normalized spacial score (nSPS) is 22.8. The summed E-state index contributed by atoms with van der Waals surface area (Å²) in [5.41, 5.74) is -0.520. The molecule has 112 valence electrons. The van der Waals surface area contributed by atoms with E-state index in [1.165, 1.54) is 0 Å². The van der Waals surface area contributed by atoms with E-state index in [2.05, 4.69) is 0 Å². The molecule has 20 heavy (non-hydrogen) atoms. The van der Waals surface area contributed by atoms with Gasteiger partial charge in [-0.15, -0.1) is 11.8 Å². The first kappa shape index (κ1) is 15.4. The van der Waals surface area contributed by atoms with Gasteiger partial charge in [-0.3, -0.25) is 9.59 Å². The van der Waals surface area contributed by atoms with Crippen molar-refractivity contribution < 1.29 is 19.1 Å². The average molecular weight is 299 g/mol. The third-order valence-electron chi connectivity index (χ3n) is 3.55.